The standard InChI is InChI=1S/C22H22N4O2/c1-5-16-8-9-17(13-19(16)26(3)4)21(27)25-18-10-7-15(2)20(14-18)28-22-23-11-6-12-24-22/h5-14H,1H2,2-4H3,(H,25,27). The van der Waals surface area contributed by atoms with Crippen LogP contribution in [-0.4, -0.2) is 30.0 Å². The summed E-state index contributed by atoms with van der Waals surface area (Å²) in [7, 11) is 3.86. The molecule has 0 aliphatic rings. The van der Waals surface area contributed by atoms with Gasteiger partial charge >= 0.3 is 6.01 Å². The van der Waals surface area contributed by atoms with E-state index in [1.165, 1.54) is 0 Å². The summed E-state index contributed by atoms with van der Waals surface area (Å²) in [5.41, 5.74) is 3.99. The van der Waals surface area contributed by atoms with Gasteiger partial charge in [0.25, 0.3) is 5.91 Å². The van der Waals surface area contributed by atoms with Crippen LogP contribution in [0.3, 0.4) is 0 Å². The maximum Gasteiger partial charge on any atom is 0.321 e. The molecule has 28 heavy (non-hydrogen) atoms. The molecule has 0 saturated carbocycles. The smallest absolute Gasteiger partial charge is 0.321 e. The number of benzene rings is 2. The van der Waals surface area contributed by atoms with E-state index < -0.39 is 0 Å². The largest absolute Gasteiger partial charge is 0.424 e. The second-order valence-corrected chi connectivity index (χ2v) is 6.44. The maximum absolute atomic E-state index is 12.7. The van der Waals surface area contributed by atoms with Crippen LogP contribution in [0.2, 0.25) is 0 Å². The molecule has 0 aliphatic carbocycles. The third-order valence-corrected chi connectivity index (χ3v) is 4.18. The van der Waals surface area contributed by atoms with E-state index in [1.807, 2.05) is 50.2 Å². The topological polar surface area (TPSA) is 67.3 Å². The van der Waals surface area contributed by atoms with E-state index in [1.54, 1.807) is 36.7 Å². The van der Waals surface area contributed by atoms with Crippen molar-refractivity contribution in [3.8, 4) is 11.8 Å². The van der Waals surface area contributed by atoms with Crippen LogP contribution >= 0.6 is 0 Å². The number of nitrogens with zero attached hydrogens (tertiary/aromatic N) is 3. The fourth-order valence-electron chi connectivity index (χ4n) is 2.67. The molecule has 0 aliphatic heterocycles. The first-order valence-electron chi connectivity index (χ1n) is 8.78. The third kappa shape index (κ3) is 4.35. The Hall–Kier alpha value is -3.67. The zero-order chi connectivity index (χ0) is 20.1. The number of carbonyl (C=O) groups excluding carboxylic acids is 1. The molecule has 1 heterocycles. The molecule has 3 rings (SSSR count). The van der Waals surface area contributed by atoms with Crippen LogP contribution in [0.15, 0.2) is 61.4 Å². The quantitative estimate of drug-likeness (QED) is 0.686. The average molecular weight is 374 g/mol. The van der Waals surface area contributed by atoms with Crippen molar-refractivity contribution in [2.75, 3.05) is 24.3 Å². The van der Waals surface area contributed by atoms with E-state index in [0.29, 0.717) is 17.0 Å². The SMILES string of the molecule is C=Cc1ccc(C(=O)Nc2ccc(C)c(Oc3ncccn3)c2)cc1N(C)C. The summed E-state index contributed by atoms with van der Waals surface area (Å²) < 4.78 is 5.73. The van der Waals surface area contributed by atoms with Gasteiger partial charge < -0.3 is 15.0 Å². The highest BCUT2D eigenvalue weighted by Crippen LogP contribution is 2.27. The van der Waals surface area contributed by atoms with Crippen LogP contribution in [0.5, 0.6) is 11.8 Å². The molecule has 0 spiro atoms. The second kappa shape index (κ2) is 8.35. The summed E-state index contributed by atoms with van der Waals surface area (Å²) in [5, 5.41) is 2.91. The van der Waals surface area contributed by atoms with Crippen molar-refractivity contribution in [1.82, 2.24) is 9.97 Å². The van der Waals surface area contributed by atoms with Gasteiger partial charge in [0.15, 0.2) is 0 Å². The maximum atomic E-state index is 12.7. The lowest BCUT2D eigenvalue weighted by Gasteiger charge is -2.17. The Morgan fingerprint density at radius 1 is 1.14 bits per heavy atom. The van der Waals surface area contributed by atoms with Crippen molar-refractivity contribution in [3.63, 3.8) is 0 Å². The molecule has 2 aromatic carbocycles. The van der Waals surface area contributed by atoms with Crippen LogP contribution in [0.25, 0.3) is 6.08 Å². The van der Waals surface area contributed by atoms with Gasteiger partial charge in [0.2, 0.25) is 0 Å². The number of hydrogen-bond acceptors (Lipinski definition) is 5. The molecule has 6 nitrogen and oxygen atoms in total. The third-order valence-electron chi connectivity index (χ3n) is 4.18. The number of nitrogens with one attached hydrogen (secondary N) is 1. The van der Waals surface area contributed by atoms with Crippen molar-refractivity contribution in [3.05, 3.63) is 78.1 Å². The zero-order valence-electron chi connectivity index (χ0n) is 16.1. The molecular weight excluding hydrogens is 352 g/mol. The molecule has 1 aromatic heterocycles. The molecule has 0 unspecified atom stereocenters. The van der Waals surface area contributed by atoms with Gasteiger partial charge in [0.05, 0.1) is 0 Å². The molecule has 0 radical (unpaired) electrons. The number of amides is 1. The highest BCUT2D eigenvalue weighted by molar-refractivity contribution is 6.05. The Bertz CT molecular complexity index is 1000. The fraction of sp³-hybridized carbons (Fsp3) is 0.136. The minimum atomic E-state index is -0.204. The molecule has 3 aromatic rings. The highest BCUT2D eigenvalue weighted by Gasteiger charge is 2.12. The van der Waals surface area contributed by atoms with Crippen molar-refractivity contribution >= 4 is 23.4 Å². The van der Waals surface area contributed by atoms with Crippen LogP contribution < -0.4 is 15.0 Å². The first kappa shape index (κ1) is 19.1. The first-order chi connectivity index (χ1) is 13.5. The molecule has 1 N–H and O–H groups in total. The van der Waals surface area contributed by atoms with E-state index in [-0.39, 0.29) is 11.9 Å². The predicted molar refractivity (Wildman–Crippen MR) is 112 cm³/mol. The summed E-state index contributed by atoms with van der Waals surface area (Å²) in [4.78, 5) is 22.8. The Labute approximate surface area is 164 Å². The number of aryl methyl sites for hydroxylation is 1. The Morgan fingerprint density at radius 3 is 2.57 bits per heavy atom. The molecule has 0 bridgehead atoms. The minimum Gasteiger partial charge on any atom is -0.424 e. The molecule has 0 saturated heterocycles. The normalized spacial score (nSPS) is 10.2. The number of carbonyl (C=O) groups is 1. The number of anilines is 2. The summed E-state index contributed by atoms with van der Waals surface area (Å²) in [6.45, 7) is 5.74. The molecule has 0 atom stereocenters. The summed E-state index contributed by atoms with van der Waals surface area (Å²) in [5.74, 6) is 0.379. The lowest BCUT2D eigenvalue weighted by molar-refractivity contribution is 0.102. The summed E-state index contributed by atoms with van der Waals surface area (Å²) >= 11 is 0. The predicted octanol–water partition coefficient (Wildman–Crippen LogP) is 4.54. The number of rotatable bonds is 6. The van der Waals surface area contributed by atoms with E-state index in [2.05, 4.69) is 21.9 Å². The molecule has 142 valence electrons. The van der Waals surface area contributed by atoms with Crippen molar-refractivity contribution in [2.24, 2.45) is 0 Å². The van der Waals surface area contributed by atoms with Crippen LogP contribution in [0, 0.1) is 6.92 Å². The van der Waals surface area contributed by atoms with Gasteiger partial charge in [0, 0.05) is 49.5 Å². The van der Waals surface area contributed by atoms with E-state index in [0.717, 1.165) is 16.8 Å². The van der Waals surface area contributed by atoms with Crippen molar-refractivity contribution in [2.45, 2.75) is 6.92 Å². The Morgan fingerprint density at radius 2 is 1.89 bits per heavy atom. The second-order valence-electron chi connectivity index (χ2n) is 6.44. The van der Waals surface area contributed by atoms with Gasteiger partial charge in [-0.3, -0.25) is 4.79 Å². The fourth-order valence-corrected chi connectivity index (χ4v) is 2.67. The highest BCUT2D eigenvalue weighted by atomic mass is 16.5. The number of aromatic nitrogens is 2. The van der Waals surface area contributed by atoms with E-state index in [9.17, 15) is 4.79 Å². The Kier molecular flexibility index (Phi) is 5.69. The molecule has 1 amide bonds. The molecule has 6 heteroatoms. The average Bonchev–Trinajstić information content (AvgIpc) is 2.70. The van der Waals surface area contributed by atoms with Crippen LogP contribution in [0.1, 0.15) is 21.5 Å². The van der Waals surface area contributed by atoms with E-state index >= 15 is 0 Å². The van der Waals surface area contributed by atoms with Gasteiger partial charge in [0.1, 0.15) is 5.75 Å². The van der Waals surface area contributed by atoms with Crippen molar-refractivity contribution < 1.29 is 9.53 Å². The number of hydrogen-bond donors (Lipinski definition) is 1. The van der Waals surface area contributed by atoms with Gasteiger partial charge in [-0.05, 0) is 42.3 Å². The zero-order valence-corrected chi connectivity index (χ0v) is 16.1. The van der Waals surface area contributed by atoms with Crippen LogP contribution in [-0.2, 0) is 0 Å². The van der Waals surface area contributed by atoms with Gasteiger partial charge in [-0.2, -0.15) is 0 Å². The minimum absolute atomic E-state index is 0.204. The monoisotopic (exact) mass is 374 g/mol. The Balaban J connectivity index is 1.82. The van der Waals surface area contributed by atoms with Gasteiger partial charge in [-0.25, -0.2) is 9.97 Å². The lowest BCUT2D eigenvalue weighted by atomic mass is 10.1. The van der Waals surface area contributed by atoms with Crippen molar-refractivity contribution in [1.29, 1.82) is 0 Å². The van der Waals surface area contributed by atoms with Gasteiger partial charge in [-0.1, -0.05) is 24.8 Å². The summed E-state index contributed by atoms with van der Waals surface area (Å²) in [6, 6.07) is 12.9. The summed E-state index contributed by atoms with van der Waals surface area (Å²) in [6.07, 6.45) is 4.99. The number of ether oxygens (including phenoxy) is 1. The lowest BCUT2D eigenvalue weighted by Crippen LogP contribution is -2.15. The van der Waals surface area contributed by atoms with Crippen LogP contribution in [0.4, 0.5) is 11.4 Å². The molecule has 0 fully saturated rings. The van der Waals surface area contributed by atoms with Gasteiger partial charge in [-0.15, -0.1) is 0 Å². The van der Waals surface area contributed by atoms with E-state index in [4.69, 9.17) is 4.74 Å². The molecular formula is C22H22N4O2. The first-order valence-corrected chi connectivity index (χ1v) is 8.78.